The van der Waals surface area contributed by atoms with E-state index in [4.69, 9.17) is 28.6 Å². The number of nitrogens with zero attached hydrogens (tertiary/aromatic N) is 2. The molecule has 0 spiro atoms. The molecule has 2 aromatic carbocycles. The van der Waals surface area contributed by atoms with Gasteiger partial charge in [-0.25, -0.2) is 0 Å². The second-order valence-electron chi connectivity index (χ2n) is 7.76. The van der Waals surface area contributed by atoms with Crippen molar-refractivity contribution >= 4 is 63.7 Å². The summed E-state index contributed by atoms with van der Waals surface area (Å²) >= 11 is 12.2. The number of benzene rings is 2. The summed E-state index contributed by atoms with van der Waals surface area (Å²) in [6.45, 7) is 1.59. The van der Waals surface area contributed by atoms with E-state index >= 15 is 0 Å². The maximum Gasteiger partial charge on any atom is 0.285 e. The average molecular weight is 516 g/mol. The predicted molar refractivity (Wildman–Crippen MR) is 136 cm³/mol. The van der Waals surface area contributed by atoms with Crippen molar-refractivity contribution in [2.45, 2.75) is 19.3 Å². The number of thioether (sulfide) groups is 1. The summed E-state index contributed by atoms with van der Waals surface area (Å²) < 4.78 is 5.86. The van der Waals surface area contributed by atoms with Gasteiger partial charge in [-0.15, -0.1) is 0 Å². The predicted octanol–water partition coefficient (Wildman–Crippen LogP) is 4.28. The molecule has 0 unspecified atom stereocenters. The molecule has 2 heterocycles. The van der Waals surface area contributed by atoms with Crippen LogP contribution in [-0.4, -0.2) is 51.6 Å². The Bertz CT molecular complexity index is 1130. The molecule has 3 amide bonds. The Morgan fingerprint density at radius 2 is 1.74 bits per heavy atom. The van der Waals surface area contributed by atoms with Gasteiger partial charge in [-0.3, -0.25) is 19.8 Å². The first-order valence-electron chi connectivity index (χ1n) is 10.8. The number of hydrogen-bond acceptors (Lipinski definition) is 6. The van der Waals surface area contributed by atoms with Crippen LogP contribution in [0.2, 0.25) is 5.02 Å². The van der Waals surface area contributed by atoms with Crippen LogP contribution < -0.4 is 10.2 Å². The Morgan fingerprint density at radius 3 is 2.41 bits per heavy atom. The molecule has 4 rings (SSSR count). The van der Waals surface area contributed by atoms with E-state index in [0.29, 0.717) is 21.2 Å². The fraction of sp³-hybridized carbons (Fsp3) is 0.250. The third-order valence-corrected chi connectivity index (χ3v) is 6.92. The van der Waals surface area contributed by atoms with Crippen LogP contribution in [0.3, 0.4) is 0 Å². The standard InChI is InChI=1S/C24H22ClN3O4S2/c25-18-8-6-17(7-9-18)22(30)26-28-23(31)20(34-24(28)33)14-16-4-10-19(11-5-16)32-15-21(29)27-12-2-1-3-13-27/h4-11,14H,1-3,12-13,15H2,(H,26,30)/b20-14+. The van der Waals surface area contributed by atoms with Crippen molar-refractivity contribution in [2.24, 2.45) is 0 Å². The minimum Gasteiger partial charge on any atom is -0.484 e. The number of carbonyl (C=O) groups is 3. The van der Waals surface area contributed by atoms with Crippen molar-refractivity contribution in [1.82, 2.24) is 15.3 Å². The summed E-state index contributed by atoms with van der Waals surface area (Å²) in [5, 5.41) is 1.57. The molecule has 0 aromatic heterocycles. The first-order valence-corrected chi connectivity index (χ1v) is 12.4. The van der Waals surface area contributed by atoms with Crippen molar-refractivity contribution in [3.8, 4) is 5.75 Å². The van der Waals surface area contributed by atoms with Gasteiger partial charge in [0.15, 0.2) is 10.9 Å². The Labute approximate surface area is 212 Å². The van der Waals surface area contributed by atoms with E-state index in [9.17, 15) is 14.4 Å². The van der Waals surface area contributed by atoms with E-state index in [1.54, 1.807) is 54.6 Å². The van der Waals surface area contributed by atoms with Gasteiger partial charge in [0.25, 0.3) is 17.7 Å². The summed E-state index contributed by atoms with van der Waals surface area (Å²) in [6.07, 6.45) is 4.94. The molecule has 7 nitrogen and oxygen atoms in total. The first-order chi connectivity index (χ1) is 16.4. The Kier molecular flexibility index (Phi) is 7.87. The molecule has 1 N–H and O–H groups in total. The highest BCUT2D eigenvalue weighted by atomic mass is 35.5. The molecule has 176 valence electrons. The lowest BCUT2D eigenvalue weighted by Gasteiger charge is -2.26. The normalized spacial score (nSPS) is 17.3. The second kappa shape index (κ2) is 11.0. The van der Waals surface area contributed by atoms with Crippen LogP contribution in [0.4, 0.5) is 0 Å². The number of amides is 3. The lowest BCUT2D eigenvalue weighted by Crippen LogP contribution is -2.44. The van der Waals surface area contributed by atoms with E-state index in [0.717, 1.165) is 48.3 Å². The number of nitrogens with one attached hydrogen (secondary N) is 1. The molecule has 0 bridgehead atoms. The first kappa shape index (κ1) is 24.3. The smallest absolute Gasteiger partial charge is 0.285 e. The van der Waals surface area contributed by atoms with E-state index in [1.807, 2.05) is 4.90 Å². The lowest BCUT2D eigenvalue weighted by atomic mass is 10.1. The molecule has 2 aliphatic rings. The van der Waals surface area contributed by atoms with Gasteiger partial charge >= 0.3 is 0 Å². The second-order valence-corrected chi connectivity index (χ2v) is 9.88. The minimum atomic E-state index is -0.463. The molecule has 2 fully saturated rings. The van der Waals surface area contributed by atoms with Gasteiger partial charge in [0.1, 0.15) is 5.75 Å². The van der Waals surface area contributed by atoms with Crippen molar-refractivity contribution in [3.63, 3.8) is 0 Å². The number of carbonyl (C=O) groups excluding carboxylic acids is 3. The van der Waals surface area contributed by atoms with Crippen LogP contribution in [0.1, 0.15) is 35.2 Å². The number of hydrogen-bond donors (Lipinski definition) is 1. The van der Waals surface area contributed by atoms with Crippen LogP contribution in [0.25, 0.3) is 6.08 Å². The molecule has 0 saturated carbocycles. The maximum atomic E-state index is 12.8. The molecular weight excluding hydrogens is 494 g/mol. The highest BCUT2D eigenvalue weighted by Gasteiger charge is 2.33. The quantitative estimate of drug-likeness (QED) is 0.457. The number of thiocarbonyl (C=S) groups is 1. The zero-order valence-electron chi connectivity index (χ0n) is 18.2. The van der Waals surface area contributed by atoms with Crippen LogP contribution in [0.5, 0.6) is 5.75 Å². The topological polar surface area (TPSA) is 79.0 Å². The minimum absolute atomic E-state index is 0.00528. The number of rotatable bonds is 6. The molecule has 2 aliphatic heterocycles. The van der Waals surface area contributed by atoms with Crippen molar-refractivity contribution in [1.29, 1.82) is 0 Å². The lowest BCUT2D eigenvalue weighted by molar-refractivity contribution is -0.134. The number of likely N-dealkylation sites (tertiary alicyclic amines) is 1. The van der Waals surface area contributed by atoms with Gasteiger partial charge < -0.3 is 9.64 Å². The zero-order chi connectivity index (χ0) is 24.1. The SMILES string of the molecule is O=C(NN1C(=O)/C(=C\c2ccc(OCC(=O)N3CCCCC3)cc2)SC1=S)c1ccc(Cl)cc1. The summed E-state index contributed by atoms with van der Waals surface area (Å²) in [6, 6.07) is 13.4. The maximum absolute atomic E-state index is 12.8. The van der Waals surface area contributed by atoms with Gasteiger partial charge in [-0.1, -0.05) is 35.5 Å². The fourth-order valence-corrected chi connectivity index (χ4v) is 4.83. The molecule has 0 atom stereocenters. The molecule has 2 aromatic rings. The van der Waals surface area contributed by atoms with Crippen molar-refractivity contribution < 1.29 is 19.1 Å². The molecule has 2 saturated heterocycles. The van der Waals surface area contributed by atoms with Gasteiger partial charge in [0, 0.05) is 23.7 Å². The van der Waals surface area contributed by atoms with E-state index in [2.05, 4.69) is 5.43 Å². The van der Waals surface area contributed by atoms with E-state index < -0.39 is 11.8 Å². The Morgan fingerprint density at radius 1 is 1.06 bits per heavy atom. The van der Waals surface area contributed by atoms with Crippen LogP contribution >= 0.6 is 35.6 Å². The molecule has 0 radical (unpaired) electrons. The monoisotopic (exact) mass is 515 g/mol. The van der Waals surface area contributed by atoms with Gasteiger partial charge in [-0.2, -0.15) is 5.01 Å². The zero-order valence-corrected chi connectivity index (χ0v) is 20.5. The van der Waals surface area contributed by atoms with E-state index in [1.165, 1.54) is 6.42 Å². The number of piperidine rings is 1. The highest BCUT2D eigenvalue weighted by Crippen LogP contribution is 2.31. The summed E-state index contributed by atoms with van der Waals surface area (Å²) in [5.41, 5.74) is 3.66. The number of hydrazine groups is 1. The molecule has 10 heteroatoms. The average Bonchev–Trinajstić information content (AvgIpc) is 3.11. The van der Waals surface area contributed by atoms with Crippen LogP contribution in [-0.2, 0) is 9.59 Å². The largest absolute Gasteiger partial charge is 0.484 e. The third kappa shape index (κ3) is 5.97. The molecular formula is C24H22ClN3O4S2. The summed E-state index contributed by atoms with van der Waals surface area (Å²) in [7, 11) is 0. The molecule has 34 heavy (non-hydrogen) atoms. The van der Waals surface area contributed by atoms with Crippen molar-refractivity contribution in [2.75, 3.05) is 19.7 Å². The van der Waals surface area contributed by atoms with Crippen LogP contribution in [0.15, 0.2) is 53.4 Å². The van der Waals surface area contributed by atoms with Gasteiger partial charge in [-0.05, 0) is 79.5 Å². The Hall–Kier alpha value is -2.88. The fourth-order valence-electron chi connectivity index (χ4n) is 3.52. The summed E-state index contributed by atoms with van der Waals surface area (Å²) in [5.74, 6) is -0.307. The number of halogens is 1. The van der Waals surface area contributed by atoms with Crippen molar-refractivity contribution in [3.05, 3.63) is 69.6 Å². The summed E-state index contributed by atoms with van der Waals surface area (Å²) in [4.78, 5) is 39.7. The van der Waals surface area contributed by atoms with Gasteiger partial charge in [0.05, 0.1) is 4.91 Å². The molecule has 0 aliphatic carbocycles. The van der Waals surface area contributed by atoms with Crippen LogP contribution in [0, 0.1) is 0 Å². The highest BCUT2D eigenvalue weighted by molar-refractivity contribution is 8.26. The van der Waals surface area contributed by atoms with E-state index in [-0.39, 0.29) is 16.8 Å². The third-order valence-electron chi connectivity index (χ3n) is 5.36. The Balaban J connectivity index is 1.34. The van der Waals surface area contributed by atoms with Gasteiger partial charge in [0.2, 0.25) is 0 Å². The number of ether oxygens (including phenoxy) is 1.